The maximum absolute atomic E-state index is 4.34. The van der Waals surface area contributed by atoms with Gasteiger partial charge < -0.3 is 5.32 Å². The quantitative estimate of drug-likeness (QED) is 0.849. The van der Waals surface area contributed by atoms with E-state index in [0.29, 0.717) is 0 Å². The Kier molecular flexibility index (Phi) is 4.73. The van der Waals surface area contributed by atoms with Gasteiger partial charge in [0.05, 0.1) is 9.48 Å². The molecular formula is C12H12Br2N2S. The predicted molar refractivity (Wildman–Crippen MR) is 79.2 cm³/mol. The van der Waals surface area contributed by atoms with Gasteiger partial charge in [-0.15, -0.1) is 11.3 Å². The second kappa shape index (κ2) is 6.09. The van der Waals surface area contributed by atoms with E-state index in [1.165, 1.54) is 4.88 Å². The van der Waals surface area contributed by atoms with Gasteiger partial charge in [0, 0.05) is 28.1 Å². The molecule has 90 valence electrons. The lowest BCUT2D eigenvalue weighted by Gasteiger charge is -2.11. The van der Waals surface area contributed by atoms with Crippen molar-refractivity contribution >= 4 is 43.2 Å². The molecule has 0 amide bonds. The van der Waals surface area contributed by atoms with Crippen molar-refractivity contribution in [3.05, 3.63) is 49.3 Å². The van der Waals surface area contributed by atoms with Gasteiger partial charge in [0.25, 0.3) is 0 Å². The Balaban J connectivity index is 1.94. The Morgan fingerprint density at radius 1 is 1.41 bits per heavy atom. The van der Waals surface area contributed by atoms with E-state index in [-0.39, 0.29) is 6.04 Å². The van der Waals surface area contributed by atoms with Crippen LogP contribution in [0.15, 0.2) is 38.7 Å². The molecule has 2 aromatic heterocycles. The Morgan fingerprint density at radius 2 is 2.24 bits per heavy atom. The molecule has 0 fully saturated rings. The lowest BCUT2D eigenvalue weighted by Crippen LogP contribution is -2.18. The molecule has 0 spiro atoms. The van der Waals surface area contributed by atoms with E-state index in [1.807, 2.05) is 24.4 Å². The minimum atomic E-state index is 0.260. The summed E-state index contributed by atoms with van der Waals surface area (Å²) in [5.41, 5.74) is 1.07. The first kappa shape index (κ1) is 13.2. The smallest absolute Gasteiger partial charge is 0.0843 e. The van der Waals surface area contributed by atoms with Crippen LogP contribution in [0.5, 0.6) is 0 Å². The first-order valence-electron chi connectivity index (χ1n) is 5.25. The molecule has 0 unspecified atom stereocenters. The second-order valence-corrected chi connectivity index (χ2v) is 7.00. The van der Waals surface area contributed by atoms with E-state index >= 15 is 0 Å². The zero-order chi connectivity index (χ0) is 12.3. The number of pyridine rings is 1. The van der Waals surface area contributed by atoms with E-state index in [2.05, 4.69) is 55.2 Å². The molecule has 0 bridgehead atoms. The minimum absolute atomic E-state index is 0.260. The summed E-state index contributed by atoms with van der Waals surface area (Å²) >= 11 is 8.73. The molecule has 0 aliphatic heterocycles. The van der Waals surface area contributed by atoms with E-state index < -0.39 is 0 Å². The molecule has 2 aromatic rings. The molecular weight excluding hydrogens is 364 g/mol. The van der Waals surface area contributed by atoms with Crippen LogP contribution >= 0.6 is 43.2 Å². The standard InChI is InChI=1S/C12H12Br2N2S/c1-8(11-4-2-3-5-15-11)16-7-9-6-10(13)12(14)17-9/h2-6,8,16H,7H2,1H3/t8-/m1/s1. The first-order valence-corrected chi connectivity index (χ1v) is 7.65. The predicted octanol–water partition coefficient (Wildman–Crippen LogP) is 4.52. The van der Waals surface area contributed by atoms with Crippen molar-refractivity contribution in [2.24, 2.45) is 0 Å². The fourth-order valence-corrected chi connectivity index (χ4v) is 3.60. The van der Waals surface area contributed by atoms with Gasteiger partial charge in [-0.1, -0.05) is 6.07 Å². The van der Waals surface area contributed by atoms with Gasteiger partial charge in [-0.25, -0.2) is 0 Å². The van der Waals surface area contributed by atoms with E-state index in [0.717, 1.165) is 20.5 Å². The summed E-state index contributed by atoms with van der Waals surface area (Å²) in [4.78, 5) is 5.63. The van der Waals surface area contributed by atoms with Gasteiger partial charge in [-0.05, 0) is 57.0 Å². The van der Waals surface area contributed by atoms with Crippen molar-refractivity contribution < 1.29 is 0 Å². The van der Waals surface area contributed by atoms with Crippen LogP contribution in [0.4, 0.5) is 0 Å². The van der Waals surface area contributed by atoms with Gasteiger partial charge in [0.1, 0.15) is 0 Å². The molecule has 2 heterocycles. The summed E-state index contributed by atoms with van der Waals surface area (Å²) in [5.74, 6) is 0. The summed E-state index contributed by atoms with van der Waals surface area (Å²) < 4.78 is 2.25. The van der Waals surface area contributed by atoms with Crippen molar-refractivity contribution in [2.75, 3.05) is 0 Å². The molecule has 0 aliphatic rings. The molecule has 0 saturated carbocycles. The highest BCUT2D eigenvalue weighted by molar-refractivity contribution is 9.13. The maximum atomic E-state index is 4.34. The molecule has 0 radical (unpaired) electrons. The highest BCUT2D eigenvalue weighted by Crippen LogP contribution is 2.32. The normalized spacial score (nSPS) is 12.6. The first-order chi connectivity index (χ1) is 8.16. The van der Waals surface area contributed by atoms with Gasteiger partial charge in [-0.3, -0.25) is 4.98 Å². The molecule has 5 heteroatoms. The molecule has 17 heavy (non-hydrogen) atoms. The number of halogens is 2. The van der Waals surface area contributed by atoms with Crippen molar-refractivity contribution in [1.82, 2.24) is 10.3 Å². The number of thiophene rings is 1. The molecule has 0 aliphatic carbocycles. The average molecular weight is 376 g/mol. The third-order valence-corrected chi connectivity index (χ3v) is 5.67. The summed E-state index contributed by atoms with van der Waals surface area (Å²) in [6.07, 6.45) is 1.83. The van der Waals surface area contributed by atoms with E-state index in [9.17, 15) is 0 Å². The monoisotopic (exact) mass is 374 g/mol. The third-order valence-electron chi connectivity index (χ3n) is 2.41. The highest BCUT2D eigenvalue weighted by Gasteiger charge is 2.08. The summed E-state index contributed by atoms with van der Waals surface area (Å²) in [6, 6.07) is 8.38. The van der Waals surface area contributed by atoms with Crippen LogP contribution in [-0.2, 0) is 6.54 Å². The van der Waals surface area contributed by atoms with Gasteiger partial charge in [-0.2, -0.15) is 0 Å². The van der Waals surface area contributed by atoms with Crippen LogP contribution in [0.1, 0.15) is 23.5 Å². The van der Waals surface area contributed by atoms with Crippen molar-refractivity contribution in [3.8, 4) is 0 Å². The number of nitrogens with zero attached hydrogens (tertiary/aromatic N) is 1. The Bertz CT molecular complexity index is 465. The number of hydrogen-bond donors (Lipinski definition) is 1. The number of nitrogens with one attached hydrogen (secondary N) is 1. The van der Waals surface area contributed by atoms with Gasteiger partial charge >= 0.3 is 0 Å². The number of hydrogen-bond acceptors (Lipinski definition) is 3. The summed E-state index contributed by atoms with van der Waals surface area (Å²) in [6.45, 7) is 2.98. The largest absolute Gasteiger partial charge is 0.304 e. The minimum Gasteiger partial charge on any atom is -0.304 e. The highest BCUT2D eigenvalue weighted by atomic mass is 79.9. The average Bonchev–Trinajstić information content (AvgIpc) is 2.67. The lowest BCUT2D eigenvalue weighted by molar-refractivity contribution is 0.565. The third kappa shape index (κ3) is 3.61. The molecule has 1 atom stereocenters. The zero-order valence-corrected chi connectivity index (χ0v) is 13.3. The SMILES string of the molecule is C[C@@H](NCc1cc(Br)c(Br)s1)c1ccccn1. The molecule has 0 aromatic carbocycles. The second-order valence-electron chi connectivity index (χ2n) is 3.69. The van der Waals surface area contributed by atoms with Crippen LogP contribution in [0, 0.1) is 0 Å². The summed E-state index contributed by atoms with van der Waals surface area (Å²) in [7, 11) is 0. The zero-order valence-electron chi connectivity index (χ0n) is 9.28. The van der Waals surface area contributed by atoms with Crippen LogP contribution in [0.2, 0.25) is 0 Å². The van der Waals surface area contributed by atoms with Gasteiger partial charge in [0.15, 0.2) is 0 Å². The van der Waals surface area contributed by atoms with E-state index in [1.54, 1.807) is 11.3 Å². The molecule has 2 nitrogen and oxygen atoms in total. The topological polar surface area (TPSA) is 24.9 Å². The van der Waals surface area contributed by atoms with Crippen LogP contribution < -0.4 is 5.32 Å². The molecule has 0 saturated heterocycles. The molecule has 2 rings (SSSR count). The van der Waals surface area contributed by atoms with Gasteiger partial charge in [0.2, 0.25) is 0 Å². The van der Waals surface area contributed by atoms with E-state index in [4.69, 9.17) is 0 Å². The Labute approximate surface area is 122 Å². The number of aromatic nitrogens is 1. The van der Waals surface area contributed by atoms with Crippen LogP contribution in [-0.4, -0.2) is 4.98 Å². The molecule has 1 N–H and O–H groups in total. The van der Waals surface area contributed by atoms with Crippen LogP contribution in [0.25, 0.3) is 0 Å². The lowest BCUT2D eigenvalue weighted by atomic mass is 10.2. The number of rotatable bonds is 4. The van der Waals surface area contributed by atoms with Crippen LogP contribution in [0.3, 0.4) is 0 Å². The fraction of sp³-hybridized carbons (Fsp3) is 0.250. The Morgan fingerprint density at radius 3 is 2.82 bits per heavy atom. The summed E-state index contributed by atoms with van der Waals surface area (Å²) in [5, 5.41) is 3.46. The van der Waals surface area contributed by atoms with Crippen molar-refractivity contribution in [2.45, 2.75) is 19.5 Å². The fourth-order valence-electron chi connectivity index (χ4n) is 1.47. The van der Waals surface area contributed by atoms with Crippen molar-refractivity contribution in [3.63, 3.8) is 0 Å². The van der Waals surface area contributed by atoms with Crippen molar-refractivity contribution in [1.29, 1.82) is 0 Å². The maximum Gasteiger partial charge on any atom is 0.0843 e. The Hall–Kier alpha value is -0.230.